The third-order valence-corrected chi connectivity index (χ3v) is 10.2. The third-order valence-electron chi connectivity index (χ3n) is 10.2. The standard InChI is InChI=1S/C50H33NO/c1-2-11-34(12-3-1)36-23-27-42(28-24-36)51(47-18-10-20-49-50(47)45-17-8-9-19-48(45)52-49)43-29-25-37(26-30-43)46-33-41(32-40-15-6-7-16-44(40)46)39-22-21-35-13-4-5-14-38(35)31-39/h1-33H. The second kappa shape index (κ2) is 12.5. The lowest BCUT2D eigenvalue weighted by atomic mass is 9.92. The summed E-state index contributed by atoms with van der Waals surface area (Å²) in [5, 5.41) is 7.17. The molecule has 0 aliphatic rings. The number of hydrogen-bond donors (Lipinski definition) is 0. The van der Waals surface area contributed by atoms with Crippen LogP contribution >= 0.6 is 0 Å². The van der Waals surface area contributed by atoms with Crippen molar-refractivity contribution >= 4 is 60.5 Å². The first-order valence-corrected chi connectivity index (χ1v) is 17.8. The van der Waals surface area contributed by atoms with Crippen molar-refractivity contribution in [1.29, 1.82) is 0 Å². The molecule has 0 atom stereocenters. The molecule has 244 valence electrons. The quantitative estimate of drug-likeness (QED) is 0.176. The summed E-state index contributed by atoms with van der Waals surface area (Å²) < 4.78 is 6.35. The van der Waals surface area contributed by atoms with Gasteiger partial charge in [0.05, 0.1) is 11.1 Å². The predicted octanol–water partition coefficient (Wildman–Crippen LogP) is 14.4. The number of hydrogen-bond acceptors (Lipinski definition) is 2. The fraction of sp³-hybridized carbons (Fsp3) is 0. The molecule has 0 saturated carbocycles. The lowest BCUT2D eigenvalue weighted by Gasteiger charge is -2.27. The highest BCUT2D eigenvalue weighted by Crippen LogP contribution is 2.44. The van der Waals surface area contributed by atoms with Gasteiger partial charge in [0.1, 0.15) is 11.2 Å². The molecule has 0 saturated heterocycles. The Morgan fingerprint density at radius 2 is 0.904 bits per heavy atom. The molecule has 0 N–H and O–H groups in total. The van der Waals surface area contributed by atoms with Crippen molar-refractivity contribution in [3.63, 3.8) is 0 Å². The van der Waals surface area contributed by atoms with Crippen molar-refractivity contribution in [3.8, 4) is 33.4 Å². The summed E-state index contributed by atoms with van der Waals surface area (Å²) in [5.41, 5.74) is 12.2. The van der Waals surface area contributed by atoms with Gasteiger partial charge < -0.3 is 9.32 Å². The topological polar surface area (TPSA) is 16.4 Å². The van der Waals surface area contributed by atoms with Crippen LogP contribution in [-0.4, -0.2) is 0 Å². The molecule has 2 heteroatoms. The van der Waals surface area contributed by atoms with Crippen LogP contribution in [0.15, 0.2) is 205 Å². The largest absolute Gasteiger partial charge is 0.456 e. The number of furan rings is 1. The summed E-state index contributed by atoms with van der Waals surface area (Å²) in [6.45, 7) is 0. The van der Waals surface area contributed by atoms with E-state index in [4.69, 9.17) is 4.42 Å². The van der Waals surface area contributed by atoms with Crippen molar-refractivity contribution in [2.45, 2.75) is 0 Å². The minimum atomic E-state index is 0.873. The normalized spacial score (nSPS) is 11.5. The molecule has 0 radical (unpaired) electrons. The monoisotopic (exact) mass is 663 g/mol. The molecule has 0 bridgehead atoms. The first-order valence-electron chi connectivity index (χ1n) is 17.8. The zero-order valence-corrected chi connectivity index (χ0v) is 28.4. The van der Waals surface area contributed by atoms with Gasteiger partial charge in [0.15, 0.2) is 0 Å². The van der Waals surface area contributed by atoms with E-state index in [1.807, 2.05) is 12.1 Å². The SMILES string of the molecule is c1ccc(-c2ccc(N(c3ccc(-c4cc(-c5ccc6ccccc6c5)cc5ccccc45)cc3)c3cccc4oc5ccccc5c34)cc2)cc1. The first kappa shape index (κ1) is 30.0. The van der Waals surface area contributed by atoms with E-state index in [0.29, 0.717) is 0 Å². The number of anilines is 3. The van der Waals surface area contributed by atoms with Gasteiger partial charge >= 0.3 is 0 Å². The van der Waals surface area contributed by atoms with E-state index in [2.05, 4.69) is 193 Å². The average molecular weight is 664 g/mol. The molecule has 2 nitrogen and oxygen atoms in total. The maximum absolute atomic E-state index is 6.35. The van der Waals surface area contributed by atoms with Gasteiger partial charge in [-0.1, -0.05) is 140 Å². The molecule has 9 aromatic carbocycles. The van der Waals surface area contributed by atoms with Crippen LogP contribution in [0.4, 0.5) is 17.1 Å². The van der Waals surface area contributed by atoms with Crippen LogP contribution in [-0.2, 0) is 0 Å². The number of para-hydroxylation sites is 1. The molecule has 10 rings (SSSR count). The fourth-order valence-electron chi connectivity index (χ4n) is 7.68. The van der Waals surface area contributed by atoms with E-state index in [1.165, 1.54) is 54.9 Å². The molecule has 0 fully saturated rings. The van der Waals surface area contributed by atoms with Crippen LogP contribution in [0, 0.1) is 0 Å². The van der Waals surface area contributed by atoms with Crippen molar-refractivity contribution in [2.24, 2.45) is 0 Å². The van der Waals surface area contributed by atoms with Gasteiger partial charge in [-0.2, -0.15) is 0 Å². The fourth-order valence-corrected chi connectivity index (χ4v) is 7.68. The van der Waals surface area contributed by atoms with Gasteiger partial charge in [-0.15, -0.1) is 0 Å². The Bertz CT molecular complexity index is 2890. The zero-order chi connectivity index (χ0) is 34.4. The van der Waals surface area contributed by atoms with Gasteiger partial charge in [-0.3, -0.25) is 0 Å². The first-order chi connectivity index (χ1) is 25.8. The Labute approximate surface area is 302 Å². The summed E-state index contributed by atoms with van der Waals surface area (Å²) in [6.07, 6.45) is 0. The summed E-state index contributed by atoms with van der Waals surface area (Å²) >= 11 is 0. The van der Waals surface area contributed by atoms with Crippen molar-refractivity contribution in [3.05, 3.63) is 200 Å². The average Bonchev–Trinajstić information content (AvgIpc) is 3.61. The van der Waals surface area contributed by atoms with Crippen molar-refractivity contribution in [1.82, 2.24) is 0 Å². The van der Waals surface area contributed by atoms with Crippen molar-refractivity contribution in [2.75, 3.05) is 4.90 Å². The summed E-state index contributed by atoms with van der Waals surface area (Å²) in [6, 6.07) is 71.8. The lowest BCUT2D eigenvalue weighted by Crippen LogP contribution is -2.10. The molecule has 0 amide bonds. The molecule has 10 aromatic rings. The van der Waals surface area contributed by atoms with Crippen LogP contribution in [0.3, 0.4) is 0 Å². The Kier molecular flexibility index (Phi) is 7.18. The van der Waals surface area contributed by atoms with Crippen LogP contribution < -0.4 is 4.90 Å². The van der Waals surface area contributed by atoms with Crippen molar-refractivity contribution < 1.29 is 4.42 Å². The maximum atomic E-state index is 6.35. The maximum Gasteiger partial charge on any atom is 0.137 e. The van der Waals surface area contributed by atoms with Gasteiger partial charge in [-0.25, -0.2) is 0 Å². The molecular formula is C50H33NO. The van der Waals surface area contributed by atoms with Gasteiger partial charge in [0, 0.05) is 16.8 Å². The van der Waals surface area contributed by atoms with E-state index < -0.39 is 0 Å². The Morgan fingerprint density at radius 3 is 1.69 bits per heavy atom. The number of nitrogens with zero attached hydrogens (tertiary/aromatic N) is 1. The zero-order valence-electron chi connectivity index (χ0n) is 28.4. The molecular weight excluding hydrogens is 631 g/mol. The lowest BCUT2D eigenvalue weighted by molar-refractivity contribution is 0.669. The highest BCUT2D eigenvalue weighted by atomic mass is 16.3. The van der Waals surface area contributed by atoms with Crippen LogP contribution in [0.1, 0.15) is 0 Å². The van der Waals surface area contributed by atoms with Crippen LogP contribution in [0.2, 0.25) is 0 Å². The van der Waals surface area contributed by atoms with Crippen LogP contribution in [0.5, 0.6) is 0 Å². The Morgan fingerprint density at radius 1 is 0.327 bits per heavy atom. The number of rotatable bonds is 6. The summed E-state index contributed by atoms with van der Waals surface area (Å²) in [7, 11) is 0. The molecule has 0 unspecified atom stereocenters. The van der Waals surface area contributed by atoms with Crippen LogP contribution in [0.25, 0.3) is 76.9 Å². The van der Waals surface area contributed by atoms with E-state index in [0.717, 1.165) is 39.0 Å². The third kappa shape index (κ3) is 5.21. The van der Waals surface area contributed by atoms with Gasteiger partial charge in [-0.05, 0) is 116 Å². The minimum absolute atomic E-state index is 0.873. The van der Waals surface area contributed by atoms with Gasteiger partial charge in [0.2, 0.25) is 0 Å². The second-order valence-electron chi connectivity index (χ2n) is 13.4. The highest BCUT2D eigenvalue weighted by Gasteiger charge is 2.20. The molecule has 1 heterocycles. The molecule has 0 aliphatic heterocycles. The molecule has 0 aliphatic carbocycles. The second-order valence-corrected chi connectivity index (χ2v) is 13.4. The molecule has 1 aromatic heterocycles. The minimum Gasteiger partial charge on any atom is -0.456 e. The van der Waals surface area contributed by atoms with E-state index >= 15 is 0 Å². The summed E-state index contributed by atoms with van der Waals surface area (Å²) in [4.78, 5) is 2.35. The Balaban J connectivity index is 1.12. The number of fused-ring (bicyclic) bond motifs is 5. The van der Waals surface area contributed by atoms with Gasteiger partial charge in [0.25, 0.3) is 0 Å². The summed E-state index contributed by atoms with van der Waals surface area (Å²) in [5.74, 6) is 0. The predicted molar refractivity (Wildman–Crippen MR) is 220 cm³/mol. The van der Waals surface area contributed by atoms with E-state index in [1.54, 1.807) is 0 Å². The van der Waals surface area contributed by atoms with E-state index in [9.17, 15) is 0 Å². The number of benzene rings is 9. The highest BCUT2D eigenvalue weighted by molar-refractivity contribution is 6.13. The molecule has 52 heavy (non-hydrogen) atoms. The smallest absolute Gasteiger partial charge is 0.137 e. The molecule has 0 spiro atoms. The van der Waals surface area contributed by atoms with E-state index in [-0.39, 0.29) is 0 Å². The Hall–Kier alpha value is -6.90.